The van der Waals surface area contributed by atoms with Crippen molar-refractivity contribution in [3.8, 4) is 0 Å². The molecule has 2 aromatic heterocycles. The Kier molecular flexibility index (Phi) is 4.61. The summed E-state index contributed by atoms with van der Waals surface area (Å²) in [5.41, 5.74) is 1.58. The van der Waals surface area contributed by atoms with E-state index in [-0.39, 0.29) is 6.04 Å². The number of nitrogens with one attached hydrogen (secondary N) is 1. The molecule has 0 saturated carbocycles. The lowest BCUT2D eigenvalue weighted by Crippen LogP contribution is -2.22. The topological polar surface area (TPSA) is 25.2 Å². The molecule has 0 aromatic carbocycles. The van der Waals surface area contributed by atoms with Gasteiger partial charge in [-0.05, 0) is 56.5 Å². The van der Waals surface area contributed by atoms with Crippen LogP contribution in [0, 0.1) is 0 Å². The van der Waals surface area contributed by atoms with Crippen LogP contribution < -0.4 is 5.32 Å². The van der Waals surface area contributed by atoms with Crippen LogP contribution in [0.4, 0.5) is 0 Å². The molecule has 1 atom stereocenters. The highest BCUT2D eigenvalue weighted by Gasteiger charge is 2.18. The lowest BCUT2D eigenvalue weighted by atomic mass is 10.1. The summed E-state index contributed by atoms with van der Waals surface area (Å²) >= 11 is 7.66. The fourth-order valence-electron chi connectivity index (χ4n) is 2.62. The molecule has 1 N–H and O–H groups in total. The first kappa shape index (κ1) is 13.9. The molecule has 1 aliphatic carbocycles. The molecule has 0 saturated heterocycles. The summed E-state index contributed by atoms with van der Waals surface area (Å²) < 4.78 is 6.38. The van der Waals surface area contributed by atoms with Gasteiger partial charge in [0.2, 0.25) is 0 Å². The van der Waals surface area contributed by atoms with Gasteiger partial charge in [0.1, 0.15) is 11.8 Å². The molecular weight excluding hydrogens is 290 g/mol. The van der Waals surface area contributed by atoms with E-state index in [1.165, 1.54) is 24.1 Å². The maximum atomic E-state index is 6.05. The molecule has 0 fully saturated rings. The van der Waals surface area contributed by atoms with Crippen molar-refractivity contribution in [1.82, 2.24) is 5.32 Å². The van der Waals surface area contributed by atoms with Gasteiger partial charge in [0.25, 0.3) is 0 Å². The average Bonchev–Trinajstić information content (AvgIpc) is 3.17. The van der Waals surface area contributed by atoms with Crippen LogP contribution in [0.25, 0.3) is 0 Å². The Morgan fingerprint density at radius 2 is 2.30 bits per heavy atom. The van der Waals surface area contributed by atoms with Crippen LogP contribution in [0.15, 0.2) is 46.6 Å². The van der Waals surface area contributed by atoms with Crippen LogP contribution in [0.3, 0.4) is 0 Å². The van der Waals surface area contributed by atoms with Gasteiger partial charge in [-0.15, -0.1) is 11.3 Å². The fourth-order valence-corrected chi connectivity index (χ4v) is 3.77. The van der Waals surface area contributed by atoms with E-state index >= 15 is 0 Å². The first-order chi connectivity index (χ1) is 9.83. The third-order valence-electron chi connectivity index (χ3n) is 3.64. The maximum absolute atomic E-state index is 6.05. The maximum Gasteiger partial charge on any atom is 0.126 e. The van der Waals surface area contributed by atoms with Crippen molar-refractivity contribution < 1.29 is 4.42 Å². The molecule has 1 aliphatic rings. The summed E-state index contributed by atoms with van der Waals surface area (Å²) in [5, 5.41) is 3.60. The smallest absolute Gasteiger partial charge is 0.126 e. The van der Waals surface area contributed by atoms with Crippen LogP contribution in [0.2, 0.25) is 4.34 Å². The van der Waals surface area contributed by atoms with Gasteiger partial charge < -0.3 is 9.73 Å². The third-order valence-corrected chi connectivity index (χ3v) is 4.93. The highest BCUT2D eigenvalue weighted by Crippen LogP contribution is 2.31. The lowest BCUT2D eigenvalue weighted by Gasteiger charge is -2.15. The molecule has 20 heavy (non-hydrogen) atoms. The summed E-state index contributed by atoms with van der Waals surface area (Å²) in [6.45, 7) is 0.965. The van der Waals surface area contributed by atoms with Crippen molar-refractivity contribution in [3.05, 3.63) is 57.2 Å². The monoisotopic (exact) mass is 307 g/mol. The summed E-state index contributed by atoms with van der Waals surface area (Å²) in [4.78, 5) is 1.20. The van der Waals surface area contributed by atoms with E-state index in [9.17, 15) is 0 Å². The van der Waals surface area contributed by atoms with Crippen LogP contribution in [0.1, 0.15) is 42.4 Å². The van der Waals surface area contributed by atoms with Gasteiger partial charge >= 0.3 is 0 Å². The molecule has 0 amide bonds. The molecular formula is C16H18ClNOS. The zero-order valence-corrected chi connectivity index (χ0v) is 12.8. The van der Waals surface area contributed by atoms with Gasteiger partial charge in [-0.3, -0.25) is 0 Å². The Morgan fingerprint density at radius 1 is 1.35 bits per heavy atom. The standard InChI is InChI=1S/C16H18ClNOS/c17-15-8-7-14(20-15)16(13-6-3-11-19-13)18-10-9-12-4-1-2-5-12/h3-4,6-8,11,16,18H,1-2,5,9-10H2. The second-order valence-corrected chi connectivity index (χ2v) is 6.80. The lowest BCUT2D eigenvalue weighted by molar-refractivity contribution is 0.450. The number of rotatable bonds is 6. The molecule has 0 bridgehead atoms. The zero-order valence-electron chi connectivity index (χ0n) is 11.3. The summed E-state index contributed by atoms with van der Waals surface area (Å²) in [6.07, 6.45) is 9.05. The van der Waals surface area contributed by atoms with Gasteiger partial charge in [0, 0.05) is 4.88 Å². The van der Waals surface area contributed by atoms with Crippen molar-refractivity contribution >= 4 is 22.9 Å². The Labute approximate surface area is 128 Å². The van der Waals surface area contributed by atoms with Gasteiger partial charge in [-0.2, -0.15) is 0 Å². The minimum Gasteiger partial charge on any atom is -0.467 e. The average molecular weight is 308 g/mol. The molecule has 1 unspecified atom stereocenters. The van der Waals surface area contributed by atoms with Gasteiger partial charge in [-0.25, -0.2) is 0 Å². The van der Waals surface area contributed by atoms with Gasteiger partial charge in [0.15, 0.2) is 0 Å². The van der Waals surface area contributed by atoms with Crippen molar-refractivity contribution in [3.63, 3.8) is 0 Å². The Hall–Kier alpha value is -1.03. The molecule has 2 nitrogen and oxygen atoms in total. The van der Waals surface area contributed by atoms with E-state index in [0.29, 0.717) is 0 Å². The SMILES string of the molecule is Clc1ccc(C(NCCC2=CCCC2)c2ccco2)s1. The van der Waals surface area contributed by atoms with Crippen molar-refractivity contribution in [2.75, 3.05) is 6.54 Å². The Morgan fingerprint density at radius 3 is 2.95 bits per heavy atom. The van der Waals surface area contributed by atoms with E-state index in [1.807, 2.05) is 18.2 Å². The molecule has 0 radical (unpaired) electrons. The quantitative estimate of drug-likeness (QED) is 0.744. The minimum absolute atomic E-state index is 0.101. The summed E-state index contributed by atoms with van der Waals surface area (Å²) in [7, 11) is 0. The van der Waals surface area contributed by atoms with E-state index in [2.05, 4.69) is 17.5 Å². The van der Waals surface area contributed by atoms with Gasteiger partial charge in [0.05, 0.1) is 10.6 Å². The molecule has 106 valence electrons. The van der Waals surface area contributed by atoms with Crippen LogP contribution in [0.5, 0.6) is 0 Å². The predicted octanol–water partition coefficient (Wildman–Crippen LogP) is 5.17. The number of hydrogen-bond acceptors (Lipinski definition) is 3. The highest BCUT2D eigenvalue weighted by atomic mass is 35.5. The number of halogens is 1. The molecule has 3 rings (SSSR count). The van der Waals surface area contributed by atoms with Crippen LogP contribution >= 0.6 is 22.9 Å². The van der Waals surface area contributed by atoms with E-state index < -0.39 is 0 Å². The molecule has 2 aromatic rings. The normalized spacial score (nSPS) is 16.4. The largest absolute Gasteiger partial charge is 0.467 e. The van der Waals surface area contributed by atoms with E-state index in [0.717, 1.165) is 23.1 Å². The van der Waals surface area contributed by atoms with Crippen LogP contribution in [-0.4, -0.2) is 6.54 Å². The summed E-state index contributed by atoms with van der Waals surface area (Å²) in [5.74, 6) is 0.948. The third kappa shape index (κ3) is 3.35. The number of hydrogen-bond donors (Lipinski definition) is 1. The molecule has 0 spiro atoms. The second kappa shape index (κ2) is 6.61. The van der Waals surface area contributed by atoms with Crippen molar-refractivity contribution in [2.45, 2.75) is 31.7 Å². The van der Waals surface area contributed by atoms with Crippen LogP contribution in [-0.2, 0) is 0 Å². The minimum atomic E-state index is 0.101. The summed E-state index contributed by atoms with van der Waals surface area (Å²) in [6, 6.07) is 8.06. The molecule has 2 heterocycles. The number of furan rings is 1. The highest BCUT2D eigenvalue weighted by molar-refractivity contribution is 7.16. The van der Waals surface area contributed by atoms with E-state index in [1.54, 1.807) is 23.2 Å². The first-order valence-corrected chi connectivity index (χ1v) is 8.22. The second-order valence-electron chi connectivity index (χ2n) is 5.05. The molecule has 4 heteroatoms. The molecule has 0 aliphatic heterocycles. The zero-order chi connectivity index (χ0) is 13.8. The number of allylic oxidation sites excluding steroid dienone is 1. The Balaban J connectivity index is 1.66. The van der Waals surface area contributed by atoms with Gasteiger partial charge in [-0.1, -0.05) is 23.3 Å². The first-order valence-electron chi connectivity index (χ1n) is 7.03. The Bertz CT molecular complexity index is 573. The van der Waals surface area contributed by atoms with Crippen molar-refractivity contribution in [2.24, 2.45) is 0 Å². The fraction of sp³-hybridized carbons (Fsp3) is 0.375. The van der Waals surface area contributed by atoms with Crippen molar-refractivity contribution in [1.29, 1.82) is 0 Å². The number of thiophene rings is 1. The van der Waals surface area contributed by atoms with E-state index in [4.69, 9.17) is 16.0 Å². The predicted molar refractivity (Wildman–Crippen MR) is 84.4 cm³/mol.